The lowest BCUT2D eigenvalue weighted by molar-refractivity contribution is 0.520. The molecule has 1 rings (SSSR count). The number of hydrogen-bond acceptors (Lipinski definition) is 1. The second-order valence-electron chi connectivity index (χ2n) is 3.39. The Morgan fingerprint density at radius 3 is 2.64 bits per heavy atom. The van der Waals surface area contributed by atoms with Crippen LogP contribution < -0.4 is 5.32 Å². The molecule has 0 aromatic heterocycles. The van der Waals surface area contributed by atoms with Gasteiger partial charge in [0.25, 0.3) is 0 Å². The highest BCUT2D eigenvalue weighted by Crippen LogP contribution is 2.17. The van der Waals surface area contributed by atoms with Crippen LogP contribution in [-0.2, 0) is 0 Å². The maximum atomic E-state index is 3.76. The molecule has 0 aliphatic carbocycles. The summed E-state index contributed by atoms with van der Waals surface area (Å²) in [5.74, 6) is 0. The molecule has 1 atom stereocenters. The first kappa shape index (κ1) is 11.0. The van der Waals surface area contributed by atoms with E-state index in [1.54, 1.807) is 0 Å². The molecule has 0 saturated carbocycles. The van der Waals surface area contributed by atoms with E-state index < -0.39 is 0 Å². The average Bonchev–Trinajstić information content (AvgIpc) is 2.25. The Balaban J connectivity index is 2.62. The van der Waals surface area contributed by atoms with Crippen molar-refractivity contribution in [3.8, 4) is 0 Å². The van der Waals surface area contributed by atoms with Crippen molar-refractivity contribution in [2.24, 2.45) is 0 Å². The minimum atomic E-state index is 0.471. The molecular weight excluding hydrogens is 170 g/mol. The molecule has 0 fully saturated rings. The molecule has 1 aromatic carbocycles. The molecule has 1 aromatic rings. The van der Waals surface area contributed by atoms with Gasteiger partial charge in [-0.15, -0.1) is 6.58 Å². The van der Waals surface area contributed by atoms with Gasteiger partial charge in [-0.3, -0.25) is 0 Å². The first-order valence-electron chi connectivity index (χ1n) is 5.27. The summed E-state index contributed by atoms with van der Waals surface area (Å²) in [6.45, 7) is 6.91. The number of nitrogens with one attached hydrogen (secondary N) is 1. The van der Waals surface area contributed by atoms with Crippen LogP contribution in [0, 0.1) is 0 Å². The van der Waals surface area contributed by atoms with Gasteiger partial charge in [-0.2, -0.15) is 0 Å². The Labute approximate surface area is 86.8 Å². The van der Waals surface area contributed by atoms with Crippen molar-refractivity contribution in [3.05, 3.63) is 48.6 Å². The summed E-state index contributed by atoms with van der Waals surface area (Å²) in [7, 11) is 0. The number of hydrogen-bond donors (Lipinski definition) is 1. The highest BCUT2D eigenvalue weighted by atomic mass is 14.9. The third-order valence-corrected chi connectivity index (χ3v) is 2.31. The lowest BCUT2D eigenvalue weighted by Crippen LogP contribution is -2.20. The van der Waals surface area contributed by atoms with E-state index in [0.717, 1.165) is 19.4 Å². The maximum Gasteiger partial charge on any atom is 0.0323 e. The highest BCUT2D eigenvalue weighted by molar-refractivity contribution is 5.18. The molecule has 0 aliphatic rings. The fourth-order valence-corrected chi connectivity index (χ4v) is 1.60. The lowest BCUT2D eigenvalue weighted by Gasteiger charge is -2.17. The van der Waals surface area contributed by atoms with Crippen molar-refractivity contribution < 1.29 is 0 Å². The fourth-order valence-electron chi connectivity index (χ4n) is 1.60. The van der Waals surface area contributed by atoms with Crippen molar-refractivity contribution in [2.45, 2.75) is 25.8 Å². The van der Waals surface area contributed by atoms with Crippen LogP contribution >= 0.6 is 0 Å². The zero-order valence-electron chi connectivity index (χ0n) is 8.87. The molecule has 0 saturated heterocycles. The maximum absolute atomic E-state index is 3.76. The number of rotatable bonds is 6. The summed E-state index contributed by atoms with van der Waals surface area (Å²) in [6.07, 6.45) is 4.17. The van der Waals surface area contributed by atoms with E-state index >= 15 is 0 Å². The Morgan fingerprint density at radius 2 is 2.07 bits per heavy atom. The predicted molar refractivity (Wildman–Crippen MR) is 62.3 cm³/mol. The second kappa shape index (κ2) is 6.39. The summed E-state index contributed by atoms with van der Waals surface area (Å²) in [5, 5.41) is 3.49. The SMILES string of the molecule is C=CCCC(NCC)c1ccccc1. The fraction of sp³-hybridized carbons (Fsp3) is 0.385. The molecule has 0 bridgehead atoms. The van der Waals surface area contributed by atoms with E-state index in [1.807, 2.05) is 6.08 Å². The normalized spacial score (nSPS) is 12.4. The Morgan fingerprint density at radius 1 is 1.36 bits per heavy atom. The molecule has 0 amide bonds. The van der Waals surface area contributed by atoms with Crippen LogP contribution in [0.5, 0.6) is 0 Å². The van der Waals surface area contributed by atoms with Crippen molar-refractivity contribution in [3.63, 3.8) is 0 Å². The first-order valence-corrected chi connectivity index (χ1v) is 5.27. The van der Waals surface area contributed by atoms with Gasteiger partial charge < -0.3 is 5.32 Å². The monoisotopic (exact) mass is 189 g/mol. The average molecular weight is 189 g/mol. The van der Waals surface area contributed by atoms with Gasteiger partial charge in [-0.25, -0.2) is 0 Å². The zero-order chi connectivity index (χ0) is 10.2. The van der Waals surface area contributed by atoms with Crippen molar-refractivity contribution in [1.29, 1.82) is 0 Å². The quantitative estimate of drug-likeness (QED) is 0.677. The van der Waals surface area contributed by atoms with Gasteiger partial charge in [0, 0.05) is 6.04 Å². The van der Waals surface area contributed by atoms with Crippen LogP contribution in [0.4, 0.5) is 0 Å². The minimum absolute atomic E-state index is 0.471. The molecule has 1 N–H and O–H groups in total. The largest absolute Gasteiger partial charge is 0.310 e. The van der Waals surface area contributed by atoms with E-state index in [4.69, 9.17) is 0 Å². The molecule has 1 nitrogen and oxygen atoms in total. The molecule has 0 aliphatic heterocycles. The molecular formula is C13H19N. The Kier molecular flexibility index (Phi) is 5.02. The van der Waals surface area contributed by atoms with Crippen LogP contribution in [0.1, 0.15) is 31.4 Å². The lowest BCUT2D eigenvalue weighted by atomic mass is 10.0. The third kappa shape index (κ3) is 3.35. The van der Waals surface area contributed by atoms with Crippen molar-refractivity contribution >= 4 is 0 Å². The topological polar surface area (TPSA) is 12.0 Å². The van der Waals surface area contributed by atoms with Gasteiger partial charge in [0.15, 0.2) is 0 Å². The van der Waals surface area contributed by atoms with E-state index in [1.165, 1.54) is 5.56 Å². The van der Waals surface area contributed by atoms with Gasteiger partial charge in [0.05, 0.1) is 0 Å². The van der Waals surface area contributed by atoms with E-state index in [2.05, 4.69) is 49.2 Å². The van der Waals surface area contributed by atoms with Gasteiger partial charge in [-0.05, 0) is 24.9 Å². The Hall–Kier alpha value is -1.08. The van der Waals surface area contributed by atoms with E-state index in [0.29, 0.717) is 6.04 Å². The molecule has 0 radical (unpaired) electrons. The number of allylic oxidation sites excluding steroid dienone is 1. The van der Waals surface area contributed by atoms with Crippen LogP contribution in [0.3, 0.4) is 0 Å². The van der Waals surface area contributed by atoms with Crippen LogP contribution in [0.15, 0.2) is 43.0 Å². The van der Waals surface area contributed by atoms with Gasteiger partial charge in [-0.1, -0.05) is 43.3 Å². The molecule has 76 valence electrons. The van der Waals surface area contributed by atoms with Crippen LogP contribution in [0.25, 0.3) is 0 Å². The number of benzene rings is 1. The smallest absolute Gasteiger partial charge is 0.0323 e. The standard InChI is InChI=1S/C13H19N/c1-3-5-11-13(14-4-2)12-9-7-6-8-10-12/h3,6-10,13-14H,1,4-5,11H2,2H3. The summed E-state index contributed by atoms with van der Waals surface area (Å²) in [5.41, 5.74) is 1.37. The van der Waals surface area contributed by atoms with Gasteiger partial charge >= 0.3 is 0 Å². The molecule has 0 heterocycles. The highest BCUT2D eigenvalue weighted by Gasteiger charge is 2.07. The molecule has 0 spiro atoms. The van der Waals surface area contributed by atoms with Gasteiger partial charge in [0.2, 0.25) is 0 Å². The van der Waals surface area contributed by atoms with E-state index in [-0.39, 0.29) is 0 Å². The predicted octanol–water partition coefficient (Wildman–Crippen LogP) is 3.30. The first-order chi connectivity index (χ1) is 6.88. The van der Waals surface area contributed by atoms with Crippen LogP contribution in [0.2, 0.25) is 0 Å². The van der Waals surface area contributed by atoms with Crippen LogP contribution in [-0.4, -0.2) is 6.54 Å². The molecule has 14 heavy (non-hydrogen) atoms. The van der Waals surface area contributed by atoms with Gasteiger partial charge in [0.1, 0.15) is 0 Å². The van der Waals surface area contributed by atoms with Crippen molar-refractivity contribution in [1.82, 2.24) is 5.32 Å². The molecule has 1 unspecified atom stereocenters. The summed E-state index contributed by atoms with van der Waals surface area (Å²) < 4.78 is 0. The third-order valence-electron chi connectivity index (χ3n) is 2.31. The van der Waals surface area contributed by atoms with Crippen molar-refractivity contribution in [2.75, 3.05) is 6.54 Å². The summed E-state index contributed by atoms with van der Waals surface area (Å²) >= 11 is 0. The van der Waals surface area contributed by atoms with E-state index in [9.17, 15) is 0 Å². The summed E-state index contributed by atoms with van der Waals surface area (Å²) in [4.78, 5) is 0. The molecule has 1 heteroatoms. The minimum Gasteiger partial charge on any atom is -0.310 e. The Bertz CT molecular complexity index is 253. The zero-order valence-corrected chi connectivity index (χ0v) is 8.87. The summed E-state index contributed by atoms with van der Waals surface area (Å²) in [6, 6.07) is 11.1. The second-order valence-corrected chi connectivity index (χ2v) is 3.39.